The SMILES string of the molecule is CCOC(=O)C1=C(C)N=c2s/c(=C/c3cc(C)n(-c4ccc(C)cc4)c3C)c(=O)n2[C@@H]1c1ccc(OCC(=O)OC)c(OCC)c1. The van der Waals surface area contributed by atoms with Crippen molar-refractivity contribution in [3.63, 3.8) is 0 Å². The average Bonchev–Trinajstić information content (AvgIpc) is 3.49. The normalized spacial score (nSPS) is 14.5. The average molecular weight is 644 g/mol. The monoisotopic (exact) mass is 643 g/mol. The molecule has 4 aromatic rings. The van der Waals surface area contributed by atoms with Crippen molar-refractivity contribution in [3.05, 3.63) is 108 Å². The zero-order chi connectivity index (χ0) is 33.1. The van der Waals surface area contributed by atoms with Crippen molar-refractivity contribution in [1.82, 2.24) is 9.13 Å². The number of aryl methyl sites for hydroxylation is 2. The van der Waals surface area contributed by atoms with Crippen molar-refractivity contribution >= 4 is 29.4 Å². The molecule has 2 aromatic carbocycles. The van der Waals surface area contributed by atoms with Crippen LogP contribution in [0.1, 0.15) is 54.9 Å². The van der Waals surface area contributed by atoms with Crippen molar-refractivity contribution < 1.29 is 28.5 Å². The van der Waals surface area contributed by atoms with E-state index in [0.29, 0.717) is 38.7 Å². The van der Waals surface area contributed by atoms with Crippen LogP contribution in [-0.4, -0.2) is 48.0 Å². The molecule has 10 nitrogen and oxygen atoms in total. The van der Waals surface area contributed by atoms with E-state index in [-0.39, 0.29) is 24.3 Å². The lowest BCUT2D eigenvalue weighted by Crippen LogP contribution is -2.40. The second-order valence-electron chi connectivity index (χ2n) is 10.8. The van der Waals surface area contributed by atoms with E-state index in [1.807, 2.05) is 26.8 Å². The van der Waals surface area contributed by atoms with Gasteiger partial charge in [0.2, 0.25) is 0 Å². The van der Waals surface area contributed by atoms with E-state index in [1.165, 1.54) is 28.6 Å². The molecule has 0 unspecified atom stereocenters. The number of nitrogens with zero attached hydrogens (tertiary/aromatic N) is 3. The summed E-state index contributed by atoms with van der Waals surface area (Å²) >= 11 is 1.26. The Bertz CT molecular complexity index is 2020. The van der Waals surface area contributed by atoms with E-state index in [0.717, 1.165) is 22.6 Å². The van der Waals surface area contributed by atoms with Gasteiger partial charge in [-0.1, -0.05) is 35.1 Å². The Balaban J connectivity index is 1.66. The molecule has 1 aliphatic heterocycles. The minimum absolute atomic E-state index is 0.161. The lowest BCUT2D eigenvalue weighted by atomic mass is 9.95. The Morgan fingerprint density at radius 1 is 0.957 bits per heavy atom. The summed E-state index contributed by atoms with van der Waals surface area (Å²) in [5, 5.41) is 0. The number of allylic oxidation sites excluding steroid dienone is 1. The summed E-state index contributed by atoms with van der Waals surface area (Å²) in [7, 11) is 1.28. The third-order valence-electron chi connectivity index (χ3n) is 7.72. The Labute approximate surface area is 270 Å². The number of methoxy groups -OCH3 is 1. The van der Waals surface area contributed by atoms with Crippen LogP contribution in [0.3, 0.4) is 0 Å². The van der Waals surface area contributed by atoms with Crippen molar-refractivity contribution in [3.8, 4) is 17.2 Å². The van der Waals surface area contributed by atoms with E-state index in [4.69, 9.17) is 23.9 Å². The number of ether oxygens (including phenoxy) is 4. The first-order valence-corrected chi connectivity index (χ1v) is 15.8. The van der Waals surface area contributed by atoms with E-state index in [1.54, 1.807) is 32.0 Å². The first-order valence-electron chi connectivity index (χ1n) is 15.0. The number of carbonyl (C=O) groups excluding carboxylic acids is 2. The van der Waals surface area contributed by atoms with Gasteiger partial charge in [0.25, 0.3) is 5.56 Å². The molecule has 0 bridgehead atoms. The molecule has 0 saturated heterocycles. The summed E-state index contributed by atoms with van der Waals surface area (Å²) in [5.74, 6) is -0.423. The van der Waals surface area contributed by atoms with Gasteiger partial charge in [0.1, 0.15) is 0 Å². The predicted molar refractivity (Wildman–Crippen MR) is 176 cm³/mol. The number of hydrogen-bond acceptors (Lipinski definition) is 9. The second-order valence-corrected chi connectivity index (χ2v) is 11.8. The summed E-state index contributed by atoms with van der Waals surface area (Å²) in [6.45, 7) is 11.6. The molecule has 46 heavy (non-hydrogen) atoms. The van der Waals surface area contributed by atoms with Gasteiger partial charge in [-0.25, -0.2) is 14.6 Å². The fourth-order valence-electron chi connectivity index (χ4n) is 5.55. The molecule has 1 aliphatic rings. The number of thiazole rings is 1. The summed E-state index contributed by atoms with van der Waals surface area (Å²) in [6, 6.07) is 14.6. The molecule has 0 saturated carbocycles. The number of hydrogen-bond donors (Lipinski definition) is 0. The van der Waals surface area contributed by atoms with Gasteiger partial charge in [-0.05, 0) is 89.1 Å². The molecule has 1 atom stereocenters. The lowest BCUT2D eigenvalue weighted by Gasteiger charge is -2.25. The molecule has 0 N–H and O–H groups in total. The molecule has 0 amide bonds. The predicted octanol–water partition coefficient (Wildman–Crippen LogP) is 4.46. The standard InChI is InChI=1S/C35H37N3O7S/c1-8-43-28-17-24(12-15-27(28)45-19-30(39)42-7)32-31(34(41)44-9-2)22(5)36-35-38(32)33(40)29(46-35)18-25-16-21(4)37(23(25)6)26-13-10-20(3)11-14-26/h10-18,32H,8-9,19H2,1-7H3/b29-18+/t32-/m1/s1. The van der Waals surface area contributed by atoms with Crippen LogP contribution in [-0.2, 0) is 19.1 Å². The molecule has 3 heterocycles. The van der Waals surface area contributed by atoms with Crippen LogP contribution >= 0.6 is 11.3 Å². The topological polar surface area (TPSA) is 110 Å². The molecule has 5 rings (SSSR count). The maximum Gasteiger partial charge on any atom is 0.343 e. The lowest BCUT2D eigenvalue weighted by molar-refractivity contribution is -0.143. The Hall–Kier alpha value is -4.90. The van der Waals surface area contributed by atoms with Gasteiger partial charge < -0.3 is 23.5 Å². The molecule has 0 spiro atoms. The van der Waals surface area contributed by atoms with Crippen molar-refractivity contribution in [1.29, 1.82) is 0 Å². The maximum atomic E-state index is 14.2. The molecule has 2 aromatic heterocycles. The fourth-order valence-corrected chi connectivity index (χ4v) is 6.59. The first-order chi connectivity index (χ1) is 22.1. The van der Waals surface area contributed by atoms with Crippen LogP contribution in [0.2, 0.25) is 0 Å². The molecule has 240 valence electrons. The highest BCUT2D eigenvalue weighted by Gasteiger charge is 2.34. The molecule has 0 fully saturated rings. The van der Waals surface area contributed by atoms with E-state index < -0.39 is 18.0 Å². The third kappa shape index (κ3) is 6.28. The van der Waals surface area contributed by atoms with Crippen molar-refractivity contribution in [2.75, 3.05) is 26.9 Å². The van der Waals surface area contributed by atoms with Gasteiger partial charge in [-0.2, -0.15) is 0 Å². The van der Waals surface area contributed by atoms with Crippen LogP contribution in [0.25, 0.3) is 11.8 Å². The first kappa shape index (κ1) is 32.5. The number of fused-ring (bicyclic) bond motifs is 1. The Kier molecular flexibility index (Phi) is 9.62. The summed E-state index contributed by atoms with van der Waals surface area (Å²) in [5.41, 5.74) is 6.18. The third-order valence-corrected chi connectivity index (χ3v) is 8.71. The molecule has 11 heteroatoms. The van der Waals surface area contributed by atoms with Gasteiger partial charge in [-0.3, -0.25) is 9.36 Å². The Morgan fingerprint density at radius 2 is 1.70 bits per heavy atom. The van der Waals surface area contributed by atoms with Crippen LogP contribution < -0.4 is 24.4 Å². The highest BCUT2D eigenvalue weighted by Crippen LogP contribution is 2.36. The highest BCUT2D eigenvalue weighted by atomic mass is 32.1. The van der Waals surface area contributed by atoms with Gasteiger partial charge in [0.05, 0.1) is 42.2 Å². The fraction of sp³-hybridized carbons (Fsp3) is 0.314. The van der Waals surface area contributed by atoms with Gasteiger partial charge in [-0.15, -0.1) is 0 Å². The zero-order valence-electron chi connectivity index (χ0n) is 27.0. The summed E-state index contributed by atoms with van der Waals surface area (Å²) in [4.78, 5) is 44.5. The highest BCUT2D eigenvalue weighted by molar-refractivity contribution is 7.07. The molecule has 0 radical (unpaired) electrons. The molecular weight excluding hydrogens is 606 g/mol. The number of rotatable bonds is 10. The van der Waals surface area contributed by atoms with Crippen LogP contribution in [0.15, 0.2) is 69.6 Å². The molecular formula is C35H37N3O7S. The number of carbonyl (C=O) groups is 2. The Morgan fingerprint density at radius 3 is 2.37 bits per heavy atom. The summed E-state index contributed by atoms with van der Waals surface area (Å²) in [6.07, 6.45) is 1.88. The van der Waals surface area contributed by atoms with E-state index >= 15 is 0 Å². The largest absolute Gasteiger partial charge is 0.490 e. The zero-order valence-corrected chi connectivity index (χ0v) is 27.8. The van der Waals surface area contributed by atoms with Crippen molar-refractivity contribution in [2.45, 2.75) is 47.6 Å². The quantitative estimate of drug-likeness (QED) is 0.235. The van der Waals surface area contributed by atoms with Gasteiger partial charge >= 0.3 is 11.9 Å². The van der Waals surface area contributed by atoms with Crippen LogP contribution in [0.4, 0.5) is 0 Å². The minimum atomic E-state index is -0.841. The van der Waals surface area contributed by atoms with Crippen molar-refractivity contribution in [2.24, 2.45) is 4.99 Å². The van der Waals surface area contributed by atoms with Gasteiger partial charge in [0, 0.05) is 17.1 Å². The van der Waals surface area contributed by atoms with Crippen LogP contribution in [0, 0.1) is 20.8 Å². The maximum absolute atomic E-state index is 14.2. The molecule has 0 aliphatic carbocycles. The number of aromatic nitrogens is 2. The van der Waals surface area contributed by atoms with Crippen LogP contribution in [0.5, 0.6) is 11.5 Å². The second kappa shape index (κ2) is 13.6. The smallest absolute Gasteiger partial charge is 0.343 e. The minimum Gasteiger partial charge on any atom is -0.490 e. The van der Waals surface area contributed by atoms with E-state index in [2.05, 4.69) is 41.8 Å². The number of benzene rings is 2. The van der Waals surface area contributed by atoms with E-state index in [9.17, 15) is 14.4 Å². The summed E-state index contributed by atoms with van der Waals surface area (Å²) < 4.78 is 25.8. The number of esters is 2. The van der Waals surface area contributed by atoms with Gasteiger partial charge in [0.15, 0.2) is 22.9 Å².